The van der Waals surface area contributed by atoms with Crippen LogP contribution in [0.3, 0.4) is 0 Å². The van der Waals surface area contributed by atoms with Crippen molar-refractivity contribution in [1.82, 2.24) is 0 Å². The van der Waals surface area contributed by atoms with Crippen molar-refractivity contribution in [3.63, 3.8) is 0 Å². The maximum atomic E-state index is 14.6. The first kappa shape index (κ1) is 23.4. The third kappa shape index (κ3) is 6.11. The Morgan fingerprint density at radius 3 is 2.42 bits per heavy atom. The van der Waals surface area contributed by atoms with Gasteiger partial charge in [0, 0.05) is 24.0 Å². The van der Waals surface area contributed by atoms with Crippen molar-refractivity contribution in [1.29, 1.82) is 0 Å². The Kier molecular flexibility index (Phi) is 7.79. The van der Waals surface area contributed by atoms with Gasteiger partial charge in [0.1, 0.15) is 17.4 Å². The van der Waals surface area contributed by atoms with E-state index in [0.717, 1.165) is 12.8 Å². The number of hydrogen-bond donors (Lipinski definition) is 0. The van der Waals surface area contributed by atoms with Crippen molar-refractivity contribution in [2.24, 2.45) is 11.8 Å². The van der Waals surface area contributed by atoms with E-state index in [1.807, 2.05) is 0 Å². The van der Waals surface area contributed by atoms with Crippen molar-refractivity contribution >= 4 is 0 Å². The average Bonchev–Trinajstić information content (AvgIpc) is 2.73. The summed E-state index contributed by atoms with van der Waals surface area (Å²) < 4.78 is 63.2. The highest BCUT2D eigenvalue weighted by Gasteiger charge is 2.40. The van der Waals surface area contributed by atoms with Gasteiger partial charge in [-0.2, -0.15) is 0 Å². The molecule has 0 radical (unpaired) electrons. The molecule has 168 valence electrons. The Bertz CT molecular complexity index is 885. The molecule has 0 saturated heterocycles. The zero-order valence-corrected chi connectivity index (χ0v) is 18.0. The minimum absolute atomic E-state index is 0.176. The predicted octanol–water partition coefficient (Wildman–Crippen LogP) is 7.98. The molecule has 1 fully saturated rings. The molecule has 5 heteroatoms. The lowest BCUT2D eigenvalue weighted by molar-refractivity contribution is -0.0872. The molecular weight excluding hydrogens is 404 g/mol. The SMILES string of the molecule is C=CCCc1ccc(-c2ccc(OCCC(F)(F)C3CCC(C)CC3)cc2F)cc1F. The van der Waals surface area contributed by atoms with Gasteiger partial charge in [-0.25, -0.2) is 17.6 Å². The van der Waals surface area contributed by atoms with Crippen molar-refractivity contribution in [2.45, 2.75) is 57.8 Å². The van der Waals surface area contributed by atoms with Crippen LogP contribution >= 0.6 is 0 Å². The zero-order valence-electron chi connectivity index (χ0n) is 18.0. The summed E-state index contributed by atoms with van der Waals surface area (Å²) in [5.74, 6) is -3.64. The van der Waals surface area contributed by atoms with Crippen LogP contribution in [0.4, 0.5) is 17.6 Å². The van der Waals surface area contributed by atoms with E-state index in [0.29, 0.717) is 42.7 Å². The summed E-state index contributed by atoms with van der Waals surface area (Å²) in [4.78, 5) is 0. The lowest BCUT2D eigenvalue weighted by Crippen LogP contribution is -2.33. The first-order valence-corrected chi connectivity index (χ1v) is 11.0. The molecule has 0 unspecified atom stereocenters. The lowest BCUT2D eigenvalue weighted by atomic mass is 9.79. The molecule has 0 spiro atoms. The van der Waals surface area contributed by atoms with E-state index in [1.165, 1.54) is 24.3 Å². The predicted molar refractivity (Wildman–Crippen MR) is 116 cm³/mol. The fourth-order valence-electron chi connectivity index (χ4n) is 4.19. The van der Waals surface area contributed by atoms with Gasteiger partial charge in [0.25, 0.3) is 5.92 Å². The first-order chi connectivity index (χ1) is 14.8. The highest BCUT2D eigenvalue weighted by Crippen LogP contribution is 2.40. The van der Waals surface area contributed by atoms with E-state index in [4.69, 9.17) is 4.74 Å². The van der Waals surface area contributed by atoms with Gasteiger partial charge in [-0.1, -0.05) is 38.0 Å². The molecule has 0 atom stereocenters. The van der Waals surface area contributed by atoms with E-state index in [9.17, 15) is 17.6 Å². The third-order valence-electron chi connectivity index (χ3n) is 6.24. The molecule has 0 amide bonds. The van der Waals surface area contributed by atoms with Crippen molar-refractivity contribution in [2.75, 3.05) is 6.61 Å². The van der Waals surface area contributed by atoms with E-state index >= 15 is 0 Å². The van der Waals surface area contributed by atoms with Crippen LogP contribution in [0.2, 0.25) is 0 Å². The Hall–Kier alpha value is -2.30. The topological polar surface area (TPSA) is 9.23 Å². The second kappa shape index (κ2) is 10.3. The molecule has 1 nitrogen and oxygen atoms in total. The van der Waals surface area contributed by atoms with Crippen LogP contribution in [0.1, 0.15) is 51.0 Å². The maximum Gasteiger partial charge on any atom is 0.254 e. The molecule has 0 N–H and O–H groups in total. The van der Waals surface area contributed by atoms with Crippen molar-refractivity contribution in [3.8, 4) is 16.9 Å². The average molecular weight is 435 g/mol. The third-order valence-corrected chi connectivity index (χ3v) is 6.24. The van der Waals surface area contributed by atoms with Gasteiger partial charge >= 0.3 is 0 Å². The van der Waals surface area contributed by atoms with Crippen molar-refractivity contribution in [3.05, 3.63) is 66.3 Å². The summed E-state index contributed by atoms with van der Waals surface area (Å²) in [7, 11) is 0. The summed E-state index contributed by atoms with van der Waals surface area (Å²) >= 11 is 0. The Labute approximate surface area is 182 Å². The number of halogens is 4. The summed E-state index contributed by atoms with van der Waals surface area (Å²) in [6.45, 7) is 5.55. The van der Waals surface area contributed by atoms with E-state index in [-0.39, 0.29) is 24.3 Å². The Morgan fingerprint density at radius 2 is 1.77 bits per heavy atom. The van der Waals surface area contributed by atoms with Gasteiger partial charge in [-0.3, -0.25) is 0 Å². The van der Waals surface area contributed by atoms with E-state index in [1.54, 1.807) is 18.2 Å². The maximum absolute atomic E-state index is 14.6. The van der Waals surface area contributed by atoms with Gasteiger partial charge in [0.15, 0.2) is 0 Å². The summed E-state index contributed by atoms with van der Waals surface area (Å²) in [6, 6.07) is 8.81. The highest BCUT2D eigenvalue weighted by atomic mass is 19.3. The summed E-state index contributed by atoms with van der Waals surface area (Å²) in [5, 5.41) is 0. The van der Waals surface area contributed by atoms with E-state index in [2.05, 4.69) is 13.5 Å². The number of ether oxygens (including phenoxy) is 1. The Balaban J connectivity index is 1.59. The smallest absolute Gasteiger partial charge is 0.254 e. The Morgan fingerprint density at radius 1 is 1.03 bits per heavy atom. The van der Waals surface area contributed by atoms with Crippen LogP contribution in [0.5, 0.6) is 5.75 Å². The number of hydrogen-bond acceptors (Lipinski definition) is 1. The monoisotopic (exact) mass is 434 g/mol. The van der Waals surface area contributed by atoms with Gasteiger partial charge in [0.05, 0.1) is 6.61 Å². The molecular formula is C26H30F4O. The number of allylic oxidation sites excluding steroid dienone is 1. The van der Waals surface area contributed by atoms with Gasteiger partial charge in [-0.05, 0) is 60.9 Å². The van der Waals surface area contributed by atoms with Crippen LogP contribution in [0.25, 0.3) is 11.1 Å². The molecule has 0 heterocycles. The van der Waals surface area contributed by atoms with Crippen LogP contribution in [-0.2, 0) is 6.42 Å². The van der Waals surface area contributed by atoms with Gasteiger partial charge < -0.3 is 4.74 Å². The standard InChI is InChI=1S/C26H30F4O/c1-3-4-5-19-8-9-20(16-24(19)27)23-13-12-22(17-25(23)28)31-15-14-26(29,30)21-10-6-18(2)7-11-21/h3,8-9,12-13,16-18,21H,1,4-7,10-11,14-15H2,2H3. The normalized spacial score (nSPS) is 19.3. The van der Waals surface area contributed by atoms with Crippen molar-refractivity contribution < 1.29 is 22.3 Å². The molecule has 1 saturated carbocycles. The molecule has 0 aromatic heterocycles. The number of alkyl halides is 2. The van der Waals surface area contributed by atoms with Crippen LogP contribution in [-0.4, -0.2) is 12.5 Å². The number of aryl methyl sites for hydroxylation is 1. The van der Waals surface area contributed by atoms with Gasteiger partial charge in [-0.15, -0.1) is 6.58 Å². The summed E-state index contributed by atoms with van der Waals surface area (Å²) in [6.07, 6.45) is 5.29. The molecule has 0 bridgehead atoms. The molecule has 31 heavy (non-hydrogen) atoms. The number of rotatable bonds is 9. The fraction of sp³-hybridized carbons (Fsp3) is 0.462. The summed E-state index contributed by atoms with van der Waals surface area (Å²) in [5.41, 5.74) is 1.21. The van der Waals surface area contributed by atoms with Gasteiger partial charge in [0.2, 0.25) is 0 Å². The van der Waals surface area contributed by atoms with Crippen LogP contribution < -0.4 is 4.74 Å². The minimum atomic E-state index is -2.77. The molecule has 1 aliphatic rings. The van der Waals surface area contributed by atoms with Crippen LogP contribution in [0.15, 0.2) is 49.1 Å². The second-order valence-corrected chi connectivity index (χ2v) is 8.59. The highest BCUT2D eigenvalue weighted by molar-refractivity contribution is 5.65. The molecule has 0 aliphatic heterocycles. The second-order valence-electron chi connectivity index (χ2n) is 8.59. The fourth-order valence-corrected chi connectivity index (χ4v) is 4.19. The quantitative estimate of drug-likeness (QED) is 0.287. The zero-order chi connectivity index (χ0) is 22.4. The minimum Gasteiger partial charge on any atom is -0.493 e. The van der Waals surface area contributed by atoms with E-state index < -0.39 is 23.5 Å². The molecule has 3 rings (SSSR count). The molecule has 1 aliphatic carbocycles. The lowest BCUT2D eigenvalue weighted by Gasteiger charge is -2.32. The van der Waals surface area contributed by atoms with Crippen LogP contribution in [0, 0.1) is 23.5 Å². The number of benzene rings is 2. The molecule has 2 aromatic rings. The first-order valence-electron chi connectivity index (χ1n) is 11.0. The largest absolute Gasteiger partial charge is 0.493 e. The molecule has 2 aromatic carbocycles.